The van der Waals surface area contributed by atoms with E-state index in [1.807, 2.05) is 19.1 Å². The number of carbonyl (C=O) groups excluding carboxylic acids is 2. The van der Waals surface area contributed by atoms with Crippen molar-refractivity contribution >= 4 is 50.0 Å². The van der Waals surface area contributed by atoms with Gasteiger partial charge in [-0.05, 0) is 73.2 Å². The molecule has 0 aliphatic heterocycles. The van der Waals surface area contributed by atoms with Crippen LogP contribution in [0.3, 0.4) is 0 Å². The Morgan fingerprint density at radius 3 is 2.26 bits per heavy atom. The molecule has 0 saturated carbocycles. The van der Waals surface area contributed by atoms with E-state index in [-0.39, 0.29) is 6.61 Å². The summed E-state index contributed by atoms with van der Waals surface area (Å²) < 4.78 is 18.2. The highest BCUT2D eigenvalue weighted by molar-refractivity contribution is 9.10. The molecular weight excluding hydrogens is 568 g/mol. The predicted molar refractivity (Wildman–Crippen MR) is 137 cm³/mol. The molecule has 1 N–H and O–H groups in total. The van der Waals surface area contributed by atoms with E-state index in [9.17, 15) is 9.59 Å². The Balaban J connectivity index is 1.59. The number of halogens is 2. The molecule has 0 spiro atoms. The maximum absolute atomic E-state index is 12.6. The van der Waals surface area contributed by atoms with Gasteiger partial charge in [0.25, 0.3) is 5.91 Å². The third-order valence-corrected chi connectivity index (χ3v) is 5.34. The van der Waals surface area contributed by atoms with Crippen molar-refractivity contribution in [1.82, 2.24) is 5.43 Å². The summed E-state index contributed by atoms with van der Waals surface area (Å²) in [6.45, 7) is 2.43. The number of nitrogens with zero attached hydrogens (tertiary/aromatic N) is 1. The first-order valence-electron chi connectivity index (χ1n) is 10.4. The van der Waals surface area contributed by atoms with Gasteiger partial charge in [0.1, 0.15) is 17.2 Å². The lowest BCUT2D eigenvalue weighted by molar-refractivity contribution is -0.123. The number of rotatable bonds is 10. The van der Waals surface area contributed by atoms with E-state index in [4.69, 9.17) is 14.2 Å². The molecule has 0 radical (unpaired) electrons. The average Bonchev–Trinajstić information content (AvgIpc) is 2.84. The van der Waals surface area contributed by atoms with Crippen LogP contribution in [-0.4, -0.2) is 31.3 Å². The summed E-state index contributed by atoms with van der Waals surface area (Å²) in [5.41, 5.74) is 3.28. The van der Waals surface area contributed by atoms with Gasteiger partial charge in [-0.15, -0.1) is 0 Å². The summed E-state index contributed by atoms with van der Waals surface area (Å²) in [7, 11) is 0. The monoisotopic (exact) mass is 588 g/mol. The summed E-state index contributed by atoms with van der Waals surface area (Å²) in [6.07, 6.45) is 2.29. The average molecular weight is 590 g/mol. The molecule has 0 saturated heterocycles. The number of amides is 1. The van der Waals surface area contributed by atoms with Gasteiger partial charge in [0.15, 0.2) is 6.61 Å². The van der Waals surface area contributed by atoms with Gasteiger partial charge >= 0.3 is 5.97 Å². The highest BCUT2D eigenvalue weighted by atomic mass is 79.9. The number of esters is 1. The fourth-order valence-electron chi connectivity index (χ4n) is 2.66. The summed E-state index contributed by atoms with van der Waals surface area (Å²) in [4.78, 5) is 24.6. The minimum atomic E-state index is -0.522. The standard InChI is InChI=1S/C25H22Br2N2O5/c1-2-13-32-21-8-3-17(4-9-21)25(31)34-23-12-7-20(27)14-18(23)15-28-29-24(30)16-33-22-10-5-19(26)6-11-22/h3-12,14-15H,2,13,16H2,1H3,(H,29,30)/b28-15-. The Labute approximate surface area is 214 Å². The summed E-state index contributed by atoms with van der Waals surface area (Å²) >= 11 is 6.72. The first-order chi connectivity index (χ1) is 16.4. The summed E-state index contributed by atoms with van der Waals surface area (Å²) in [6, 6.07) is 19.0. The van der Waals surface area contributed by atoms with Crippen molar-refractivity contribution in [3.05, 3.63) is 86.8 Å². The van der Waals surface area contributed by atoms with Crippen LogP contribution in [0, 0.1) is 0 Å². The first-order valence-corrected chi connectivity index (χ1v) is 12.0. The Hall–Kier alpha value is -3.17. The molecule has 7 nitrogen and oxygen atoms in total. The number of hydrogen-bond acceptors (Lipinski definition) is 6. The predicted octanol–water partition coefficient (Wildman–Crippen LogP) is 5.75. The van der Waals surface area contributed by atoms with E-state index in [0.29, 0.717) is 35.0 Å². The first kappa shape index (κ1) is 25.5. The second kappa shape index (κ2) is 12.9. The zero-order chi connectivity index (χ0) is 24.3. The SMILES string of the molecule is CCCOc1ccc(C(=O)Oc2ccc(Br)cc2/C=N\NC(=O)COc2ccc(Br)cc2)cc1. The lowest BCUT2D eigenvalue weighted by Crippen LogP contribution is -2.24. The van der Waals surface area contributed by atoms with Crippen molar-refractivity contribution in [2.24, 2.45) is 5.10 Å². The van der Waals surface area contributed by atoms with Crippen molar-refractivity contribution in [2.45, 2.75) is 13.3 Å². The maximum atomic E-state index is 12.6. The van der Waals surface area contributed by atoms with E-state index in [0.717, 1.165) is 15.4 Å². The molecule has 0 bridgehead atoms. The van der Waals surface area contributed by atoms with Gasteiger partial charge in [0, 0.05) is 14.5 Å². The molecule has 3 rings (SSSR count). The maximum Gasteiger partial charge on any atom is 0.343 e. The van der Waals surface area contributed by atoms with Crippen molar-refractivity contribution in [1.29, 1.82) is 0 Å². The van der Waals surface area contributed by atoms with Crippen LogP contribution >= 0.6 is 31.9 Å². The Morgan fingerprint density at radius 1 is 0.912 bits per heavy atom. The third kappa shape index (κ3) is 8.00. The number of benzene rings is 3. The van der Waals surface area contributed by atoms with Crippen LogP contribution in [0.4, 0.5) is 0 Å². The topological polar surface area (TPSA) is 86.2 Å². The van der Waals surface area contributed by atoms with Gasteiger partial charge in [-0.1, -0.05) is 38.8 Å². The van der Waals surface area contributed by atoms with Gasteiger partial charge < -0.3 is 14.2 Å². The van der Waals surface area contributed by atoms with Crippen molar-refractivity contribution < 1.29 is 23.8 Å². The molecule has 3 aromatic rings. The second-order valence-electron chi connectivity index (χ2n) is 6.98. The minimum absolute atomic E-state index is 0.197. The molecule has 34 heavy (non-hydrogen) atoms. The van der Waals surface area contributed by atoms with Crippen LogP contribution < -0.4 is 19.6 Å². The zero-order valence-electron chi connectivity index (χ0n) is 18.3. The summed E-state index contributed by atoms with van der Waals surface area (Å²) in [5, 5.41) is 3.95. The summed E-state index contributed by atoms with van der Waals surface area (Å²) in [5.74, 6) is 0.593. The lowest BCUT2D eigenvalue weighted by atomic mass is 10.2. The van der Waals surface area contributed by atoms with Crippen LogP contribution in [-0.2, 0) is 4.79 Å². The Bertz CT molecular complexity index is 1150. The van der Waals surface area contributed by atoms with E-state index in [2.05, 4.69) is 42.4 Å². The van der Waals surface area contributed by atoms with E-state index in [1.54, 1.807) is 54.6 Å². The number of carbonyl (C=O) groups is 2. The number of nitrogens with one attached hydrogen (secondary N) is 1. The normalized spacial score (nSPS) is 10.7. The molecule has 3 aromatic carbocycles. The minimum Gasteiger partial charge on any atom is -0.494 e. The molecule has 0 aromatic heterocycles. The molecular formula is C25H22Br2N2O5. The largest absolute Gasteiger partial charge is 0.494 e. The molecule has 0 unspecified atom stereocenters. The quantitative estimate of drug-likeness (QED) is 0.141. The molecule has 0 aliphatic carbocycles. The van der Waals surface area contributed by atoms with Crippen molar-refractivity contribution in [2.75, 3.05) is 13.2 Å². The fourth-order valence-corrected chi connectivity index (χ4v) is 3.31. The van der Waals surface area contributed by atoms with Gasteiger partial charge in [0.2, 0.25) is 0 Å². The van der Waals surface area contributed by atoms with Gasteiger partial charge in [-0.2, -0.15) is 5.10 Å². The Kier molecular flexibility index (Phi) is 9.66. The van der Waals surface area contributed by atoms with Crippen molar-refractivity contribution in [3.63, 3.8) is 0 Å². The van der Waals surface area contributed by atoms with Gasteiger partial charge in [-0.3, -0.25) is 4.79 Å². The highest BCUT2D eigenvalue weighted by Gasteiger charge is 2.12. The molecule has 0 fully saturated rings. The van der Waals surface area contributed by atoms with Crippen molar-refractivity contribution in [3.8, 4) is 17.2 Å². The molecule has 0 atom stereocenters. The third-order valence-electron chi connectivity index (χ3n) is 4.31. The molecule has 0 aliphatic rings. The van der Waals surface area contributed by atoms with E-state index < -0.39 is 11.9 Å². The fraction of sp³-hybridized carbons (Fsp3) is 0.160. The smallest absolute Gasteiger partial charge is 0.343 e. The second-order valence-corrected chi connectivity index (χ2v) is 8.81. The molecule has 0 heterocycles. The highest BCUT2D eigenvalue weighted by Crippen LogP contribution is 2.23. The Morgan fingerprint density at radius 2 is 1.56 bits per heavy atom. The van der Waals surface area contributed by atoms with E-state index >= 15 is 0 Å². The van der Waals surface area contributed by atoms with Crippen LogP contribution in [0.15, 0.2) is 80.8 Å². The zero-order valence-corrected chi connectivity index (χ0v) is 21.5. The van der Waals surface area contributed by atoms with Gasteiger partial charge in [-0.25, -0.2) is 10.2 Å². The number of hydrazone groups is 1. The molecule has 9 heteroatoms. The number of hydrogen-bond donors (Lipinski definition) is 1. The van der Waals surface area contributed by atoms with Crippen LogP contribution in [0.25, 0.3) is 0 Å². The number of ether oxygens (including phenoxy) is 3. The molecule has 1 amide bonds. The van der Waals surface area contributed by atoms with E-state index in [1.165, 1.54) is 6.21 Å². The molecule has 176 valence electrons. The van der Waals surface area contributed by atoms with Crippen LogP contribution in [0.1, 0.15) is 29.3 Å². The van der Waals surface area contributed by atoms with Crippen LogP contribution in [0.5, 0.6) is 17.2 Å². The lowest BCUT2D eigenvalue weighted by Gasteiger charge is -2.09. The van der Waals surface area contributed by atoms with Gasteiger partial charge in [0.05, 0.1) is 18.4 Å². The van der Waals surface area contributed by atoms with Crippen LogP contribution in [0.2, 0.25) is 0 Å².